The molecule has 0 radical (unpaired) electrons. The summed E-state index contributed by atoms with van der Waals surface area (Å²) in [6, 6.07) is 8.37. The van der Waals surface area contributed by atoms with Gasteiger partial charge in [-0.15, -0.1) is 10.2 Å². The number of fused-ring (bicyclic) bond motifs is 2. The molecule has 4 aromatic rings. The van der Waals surface area contributed by atoms with Gasteiger partial charge in [0.1, 0.15) is 10.5 Å². The molecule has 0 amide bonds. The first-order valence-corrected chi connectivity index (χ1v) is 16.9. The zero-order valence-corrected chi connectivity index (χ0v) is 27.9. The molecule has 0 aliphatic carbocycles. The van der Waals surface area contributed by atoms with Crippen LogP contribution in [0.2, 0.25) is 0 Å². The molecule has 2 aliphatic heterocycles. The third kappa shape index (κ3) is 5.81. The molecule has 256 valence electrons. The SMILES string of the molecule is Cc1cnc2c(c1)S(=O)(=O)N(Cc1cc([C@@H](c3ccn4c(C(F)(F)F)nnc4c3C)C(C)(C)C(=O)O)ccc1C)CC1(CCOCC1)O2. The van der Waals surface area contributed by atoms with Crippen LogP contribution in [0.25, 0.3) is 5.65 Å². The van der Waals surface area contributed by atoms with Crippen LogP contribution >= 0.6 is 0 Å². The van der Waals surface area contributed by atoms with Crippen molar-refractivity contribution in [3.05, 3.63) is 81.9 Å². The maximum absolute atomic E-state index is 14.3. The van der Waals surface area contributed by atoms with Gasteiger partial charge in [0.05, 0.1) is 25.2 Å². The van der Waals surface area contributed by atoms with Gasteiger partial charge in [-0.25, -0.2) is 13.4 Å². The first-order valence-electron chi connectivity index (χ1n) is 15.4. The lowest BCUT2D eigenvalue weighted by Gasteiger charge is -2.38. The average Bonchev–Trinajstić information content (AvgIpc) is 3.44. The third-order valence-corrected chi connectivity index (χ3v) is 11.3. The third-order valence-electron chi connectivity index (χ3n) is 9.51. The highest BCUT2D eigenvalue weighted by atomic mass is 32.2. The normalized spacial score (nSPS) is 18.7. The van der Waals surface area contributed by atoms with Crippen LogP contribution < -0.4 is 4.74 Å². The standard InChI is InChI=1S/C33H36F3N5O6S/c1-19-14-25-28(37-16-19)47-32(9-12-46-13-10-32)18-40(48(25,44)45)17-23-15-22(7-6-20(23)2)26(31(4,5)30(42)43)24-8-11-41-27(21(24)3)38-39-29(41)33(34,35)36/h6-8,11,14-16,26H,9-10,12-13,17-18H2,1-5H3,(H,42,43)/t26-/m0/s1. The average molecular weight is 688 g/mol. The lowest BCUT2D eigenvalue weighted by atomic mass is 9.70. The number of aryl methyl sites for hydroxylation is 3. The Kier molecular flexibility index (Phi) is 8.32. The molecule has 1 saturated heterocycles. The second-order valence-electron chi connectivity index (χ2n) is 13.2. The van der Waals surface area contributed by atoms with Gasteiger partial charge >= 0.3 is 12.1 Å². The Bertz CT molecular complexity index is 2020. The van der Waals surface area contributed by atoms with E-state index in [1.54, 1.807) is 58.2 Å². The fraction of sp³-hybridized carbons (Fsp3) is 0.455. The highest BCUT2D eigenvalue weighted by Crippen LogP contribution is 2.45. The number of aliphatic carboxylic acids is 1. The highest BCUT2D eigenvalue weighted by Gasteiger charge is 2.46. The van der Waals surface area contributed by atoms with Crippen LogP contribution in [0.4, 0.5) is 13.2 Å². The summed E-state index contributed by atoms with van der Waals surface area (Å²) in [5.74, 6) is -3.12. The summed E-state index contributed by atoms with van der Waals surface area (Å²) in [6.45, 7) is 9.08. The number of ether oxygens (including phenoxy) is 2. The molecule has 5 heterocycles. The van der Waals surface area contributed by atoms with Crippen LogP contribution in [0, 0.1) is 26.2 Å². The number of alkyl halides is 3. The Balaban J connectivity index is 1.47. The number of carboxylic acid groups (broad SMARTS) is 1. The van der Waals surface area contributed by atoms with Crippen LogP contribution in [0.3, 0.4) is 0 Å². The quantitative estimate of drug-likeness (QED) is 0.281. The van der Waals surface area contributed by atoms with Gasteiger partial charge in [-0.2, -0.15) is 17.5 Å². The van der Waals surface area contributed by atoms with Crippen molar-refractivity contribution in [2.75, 3.05) is 19.8 Å². The molecule has 1 spiro atoms. The van der Waals surface area contributed by atoms with Crippen LogP contribution in [-0.2, 0) is 32.3 Å². The van der Waals surface area contributed by atoms with Crippen molar-refractivity contribution in [2.24, 2.45) is 5.41 Å². The number of hydrogen-bond acceptors (Lipinski definition) is 8. The summed E-state index contributed by atoms with van der Waals surface area (Å²) in [7, 11) is -4.10. The van der Waals surface area contributed by atoms with E-state index in [1.807, 2.05) is 6.92 Å². The Hall–Kier alpha value is -4.08. The second kappa shape index (κ2) is 11.8. The Morgan fingerprint density at radius 1 is 1.08 bits per heavy atom. The van der Waals surface area contributed by atoms with E-state index in [0.29, 0.717) is 53.9 Å². The lowest BCUT2D eigenvalue weighted by Crippen LogP contribution is -2.50. The number of carbonyl (C=O) groups is 1. The molecule has 2 aliphatic rings. The van der Waals surface area contributed by atoms with Crippen LogP contribution in [0.15, 0.2) is 47.6 Å². The number of halogens is 3. The number of benzene rings is 1. The van der Waals surface area contributed by atoms with Crippen molar-refractivity contribution in [2.45, 2.75) is 76.6 Å². The van der Waals surface area contributed by atoms with E-state index in [4.69, 9.17) is 9.47 Å². The minimum absolute atomic E-state index is 0.0278. The predicted octanol–water partition coefficient (Wildman–Crippen LogP) is 5.44. The molecule has 6 rings (SSSR count). The molecule has 0 unspecified atom stereocenters. The number of rotatable bonds is 6. The summed E-state index contributed by atoms with van der Waals surface area (Å²) in [5, 5.41) is 17.5. The Morgan fingerprint density at radius 3 is 2.46 bits per heavy atom. The van der Waals surface area contributed by atoms with Crippen molar-refractivity contribution in [1.29, 1.82) is 0 Å². The van der Waals surface area contributed by atoms with E-state index in [9.17, 15) is 31.5 Å². The Morgan fingerprint density at radius 2 is 1.79 bits per heavy atom. The number of carboxylic acids is 1. The van der Waals surface area contributed by atoms with Crippen molar-refractivity contribution in [3.63, 3.8) is 0 Å². The molecule has 48 heavy (non-hydrogen) atoms. The topological polar surface area (TPSA) is 136 Å². The molecule has 1 aromatic carbocycles. The minimum atomic E-state index is -4.74. The molecule has 15 heteroatoms. The molecule has 11 nitrogen and oxygen atoms in total. The maximum atomic E-state index is 14.3. The molecular formula is C33H36F3N5O6S. The van der Waals surface area contributed by atoms with Gasteiger partial charge in [0.2, 0.25) is 21.7 Å². The van der Waals surface area contributed by atoms with Crippen LogP contribution in [-0.4, -0.2) is 68.7 Å². The van der Waals surface area contributed by atoms with E-state index in [0.717, 1.165) is 9.96 Å². The fourth-order valence-electron chi connectivity index (χ4n) is 6.66. The van der Waals surface area contributed by atoms with E-state index >= 15 is 0 Å². The molecule has 1 fully saturated rings. The van der Waals surface area contributed by atoms with Gasteiger partial charge in [0.25, 0.3) is 0 Å². The second-order valence-corrected chi connectivity index (χ2v) is 15.1. The van der Waals surface area contributed by atoms with E-state index in [1.165, 1.54) is 16.6 Å². The zero-order chi connectivity index (χ0) is 34.8. The minimum Gasteiger partial charge on any atom is -0.481 e. The number of aromatic nitrogens is 4. The summed E-state index contributed by atoms with van der Waals surface area (Å²) in [5.41, 5.74) is 1.06. The van der Waals surface area contributed by atoms with Gasteiger partial charge in [0, 0.05) is 37.7 Å². The maximum Gasteiger partial charge on any atom is 0.452 e. The smallest absolute Gasteiger partial charge is 0.452 e. The Labute approximate surface area is 275 Å². The number of sulfonamides is 1. The van der Waals surface area contributed by atoms with E-state index in [2.05, 4.69) is 15.2 Å². The molecule has 1 N–H and O–H groups in total. The molecule has 0 saturated carbocycles. The first-order chi connectivity index (χ1) is 22.4. The largest absolute Gasteiger partial charge is 0.481 e. The fourth-order valence-corrected chi connectivity index (χ4v) is 8.30. The van der Waals surface area contributed by atoms with Gasteiger partial charge in [-0.05, 0) is 80.1 Å². The van der Waals surface area contributed by atoms with Crippen LogP contribution in [0.5, 0.6) is 5.88 Å². The van der Waals surface area contributed by atoms with E-state index < -0.39 is 44.9 Å². The van der Waals surface area contributed by atoms with Gasteiger partial charge in [0.15, 0.2) is 5.65 Å². The summed E-state index contributed by atoms with van der Waals surface area (Å²) in [6.07, 6.45) is -1.05. The van der Waals surface area contributed by atoms with Crippen molar-refractivity contribution in [1.82, 2.24) is 23.9 Å². The highest BCUT2D eigenvalue weighted by molar-refractivity contribution is 7.89. The van der Waals surface area contributed by atoms with Crippen LogP contribution in [0.1, 0.15) is 71.8 Å². The predicted molar refractivity (Wildman–Crippen MR) is 167 cm³/mol. The van der Waals surface area contributed by atoms with Crippen molar-refractivity contribution >= 4 is 21.6 Å². The lowest BCUT2D eigenvalue weighted by molar-refractivity contribution is -0.147. The van der Waals surface area contributed by atoms with Gasteiger partial charge < -0.3 is 14.6 Å². The monoisotopic (exact) mass is 687 g/mol. The summed E-state index contributed by atoms with van der Waals surface area (Å²) < 4.78 is 83.5. The van der Waals surface area contributed by atoms with Crippen molar-refractivity contribution < 1.29 is 41.0 Å². The van der Waals surface area contributed by atoms with Gasteiger partial charge in [-0.1, -0.05) is 18.2 Å². The number of hydrogen-bond donors (Lipinski definition) is 1. The number of pyridine rings is 2. The van der Waals surface area contributed by atoms with Gasteiger partial charge in [-0.3, -0.25) is 9.20 Å². The molecular weight excluding hydrogens is 651 g/mol. The molecule has 1 atom stereocenters. The summed E-state index contributed by atoms with van der Waals surface area (Å²) >= 11 is 0. The van der Waals surface area contributed by atoms with E-state index in [-0.39, 0.29) is 29.5 Å². The first kappa shape index (κ1) is 33.8. The van der Waals surface area contributed by atoms with Crippen molar-refractivity contribution in [3.8, 4) is 5.88 Å². The number of nitrogens with zero attached hydrogens (tertiary/aromatic N) is 5. The summed E-state index contributed by atoms with van der Waals surface area (Å²) in [4.78, 5) is 17.0. The molecule has 3 aromatic heterocycles. The zero-order valence-electron chi connectivity index (χ0n) is 27.1. The molecule has 0 bridgehead atoms.